The molecule has 186 valence electrons. The van der Waals surface area contributed by atoms with E-state index < -0.39 is 5.41 Å². The van der Waals surface area contributed by atoms with Crippen LogP contribution in [0.2, 0.25) is 0 Å². The summed E-state index contributed by atoms with van der Waals surface area (Å²) >= 11 is 7.63. The van der Waals surface area contributed by atoms with Crippen molar-refractivity contribution >= 4 is 31.9 Å². The van der Waals surface area contributed by atoms with Crippen molar-refractivity contribution in [3.8, 4) is 33.4 Å². The third-order valence-electron chi connectivity index (χ3n) is 7.89. The highest BCUT2D eigenvalue weighted by Crippen LogP contribution is 2.57. The molecule has 0 amide bonds. The first kappa shape index (κ1) is 24.3. The van der Waals surface area contributed by atoms with Crippen LogP contribution in [-0.4, -0.2) is 0 Å². The molecule has 0 nitrogen and oxygen atoms in total. The lowest BCUT2D eigenvalue weighted by atomic mass is 9.67. The summed E-state index contributed by atoms with van der Waals surface area (Å²) in [7, 11) is 0. The Kier molecular flexibility index (Phi) is 6.11. The van der Waals surface area contributed by atoms with Crippen molar-refractivity contribution in [2.75, 3.05) is 0 Å². The Morgan fingerprint density at radius 3 is 1.44 bits per heavy atom. The van der Waals surface area contributed by atoms with E-state index in [0.717, 1.165) is 8.95 Å². The summed E-state index contributed by atoms with van der Waals surface area (Å²) < 4.78 is 2.11. The topological polar surface area (TPSA) is 0 Å². The van der Waals surface area contributed by atoms with Gasteiger partial charge in [-0.3, -0.25) is 0 Å². The Labute approximate surface area is 246 Å². The average molecular weight is 628 g/mol. The van der Waals surface area contributed by atoms with Gasteiger partial charge in [0.2, 0.25) is 0 Å². The molecule has 0 saturated heterocycles. The monoisotopic (exact) mass is 626 g/mol. The Balaban J connectivity index is 1.59. The first-order chi connectivity index (χ1) is 19.2. The number of benzene rings is 6. The minimum atomic E-state index is -0.481. The molecule has 7 rings (SSSR count). The van der Waals surface area contributed by atoms with Gasteiger partial charge in [0.1, 0.15) is 0 Å². The molecule has 1 aliphatic carbocycles. The summed E-state index contributed by atoms with van der Waals surface area (Å²) in [4.78, 5) is 0. The maximum absolute atomic E-state index is 3.85. The Morgan fingerprint density at radius 1 is 0.359 bits per heavy atom. The summed E-state index contributed by atoms with van der Waals surface area (Å²) in [6.07, 6.45) is 0. The Morgan fingerprint density at radius 2 is 0.846 bits per heavy atom. The summed E-state index contributed by atoms with van der Waals surface area (Å²) in [5.74, 6) is 0. The Bertz CT molecular complexity index is 1740. The molecule has 6 aromatic rings. The van der Waals surface area contributed by atoms with Gasteiger partial charge in [0.25, 0.3) is 0 Å². The normalized spacial score (nSPS) is 13.1. The van der Waals surface area contributed by atoms with Gasteiger partial charge in [-0.05, 0) is 112 Å². The number of halogens is 2. The van der Waals surface area contributed by atoms with Gasteiger partial charge in [-0.2, -0.15) is 0 Å². The zero-order chi connectivity index (χ0) is 26.4. The highest BCUT2D eigenvalue weighted by molar-refractivity contribution is 9.13. The standard InChI is InChI=1S/C37H24Br2/c38-35-23-32-31-19-7-8-20-33(31)37(34(32)24-36(35)39,29-17-9-15-27(21-29)25-11-3-1-4-12-25)30-18-10-16-28(22-30)26-13-5-2-6-14-26/h1-24H. The van der Waals surface area contributed by atoms with E-state index in [4.69, 9.17) is 0 Å². The van der Waals surface area contributed by atoms with Crippen LogP contribution in [0, 0.1) is 0 Å². The summed E-state index contributed by atoms with van der Waals surface area (Å²) in [5.41, 5.74) is 12.0. The average Bonchev–Trinajstić information content (AvgIpc) is 3.28. The van der Waals surface area contributed by atoms with E-state index in [1.54, 1.807) is 0 Å². The maximum Gasteiger partial charge on any atom is 0.0714 e. The van der Waals surface area contributed by atoms with Crippen molar-refractivity contribution in [2.24, 2.45) is 0 Å². The molecule has 39 heavy (non-hydrogen) atoms. The first-order valence-corrected chi connectivity index (χ1v) is 14.7. The van der Waals surface area contributed by atoms with Crippen molar-refractivity contribution in [3.05, 3.63) is 177 Å². The van der Waals surface area contributed by atoms with Gasteiger partial charge in [0.05, 0.1) is 5.41 Å². The molecule has 1 aliphatic rings. The molecule has 0 radical (unpaired) electrons. The number of hydrogen-bond donors (Lipinski definition) is 0. The number of rotatable bonds is 4. The van der Waals surface area contributed by atoms with Crippen molar-refractivity contribution in [1.29, 1.82) is 0 Å². The van der Waals surface area contributed by atoms with E-state index in [9.17, 15) is 0 Å². The van der Waals surface area contributed by atoms with Crippen LogP contribution in [0.5, 0.6) is 0 Å². The van der Waals surface area contributed by atoms with E-state index in [2.05, 4.69) is 177 Å². The van der Waals surface area contributed by atoms with Crippen molar-refractivity contribution in [2.45, 2.75) is 5.41 Å². The Hall–Kier alpha value is -3.72. The van der Waals surface area contributed by atoms with E-state index in [-0.39, 0.29) is 0 Å². The first-order valence-electron chi connectivity index (χ1n) is 13.1. The molecule has 0 spiro atoms. The molecule has 0 atom stereocenters. The van der Waals surface area contributed by atoms with Gasteiger partial charge in [-0.15, -0.1) is 0 Å². The van der Waals surface area contributed by atoms with Crippen molar-refractivity contribution in [3.63, 3.8) is 0 Å². The molecular weight excluding hydrogens is 604 g/mol. The van der Waals surface area contributed by atoms with Crippen LogP contribution in [0.1, 0.15) is 22.3 Å². The van der Waals surface area contributed by atoms with Crippen LogP contribution in [0.15, 0.2) is 155 Å². The van der Waals surface area contributed by atoms with Gasteiger partial charge >= 0.3 is 0 Å². The van der Waals surface area contributed by atoms with Crippen LogP contribution in [0.4, 0.5) is 0 Å². The molecule has 0 aromatic heterocycles. The van der Waals surface area contributed by atoms with Gasteiger partial charge in [-0.25, -0.2) is 0 Å². The predicted octanol–water partition coefficient (Wildman–Crippen LogP) is 10.9. The molecule has 0 N–H and O–H groups in total. The zero-order valence-corrected chi connectivity index (χ0v) is 24.3. The van der Waals surface area contributed by atoms with Gasteiger partial charge in [0.15, 0.2) is 0 Å². The van der Waals surface area contributed by atoms with Crippen LogP contribution in [0.25, 0.3) is 33.4 Å². The van der Waals surface area contributed by atoms with Crippen LogP contribution in [-0.2, 0) is 5.41 Å². The minimum absolute atomic E-state index is 0.481. The van der Waals surface area contributed by atoms with Gasteiger partial charge in [0, 0.05) is 8.95 Å². The molecule has 0 bridgehead atoms. The molecule has 0 unspecified atom stereocenters. The smallest absolute Gasteiger partial charge is 0.0622 e. The van der Waals surface area contributed by atoms with Crippen molar-refractivity contribution in [1.82, 2.24) is 0 Å². The second-order valence-corrected chi connectivity index (χ2v) is 11.7. The molecule has 0 saturated carbocycles. The van der Waals surface area contributed by atoms with Crippen molar-refractivity contribution < 1.29 is 0 Å². The largest absolute Gasteiger partial charge is 0.0714 e. The lowest BCUT2D eigenvalue weighted by molar-refractivity contribution is 0.768. The van der Waals surface area contributed by atoms with E-state index >= 15 is 0 Å². The number of hydrogen-bond acceptors (Lipinski definition) is 0. The highest BCUT2D eigenvalue weighted by Gasteiger charge is 2.46. The molecule has 0 aliphatic heterocycles. The fourth-order valence-corrected chi connectivity index (χ4v) is 6.87. The van der Waals surface area contributed by atoms with E-state index in [1.165, 1.54) is 55.6 Å². The van der Waals surface area contributed by atoms with E-state index in [1.807, 2.05) is 0 Å². The lowest BCUT2D eigenvalue weighted by Gasteiger charge is -2.34. The lowest BCUT2D eigenvalue weighted by Crippen LogP contribution is -2.28. The van der Waals surface area contributed by atoms with Gasteiger partial charge < -0.3 is 0 Å². The third-order valence-corrected chi connectivity index (χ3v) is 9.74. The maximum atomic E-state index is 3.85. The molecule has 2 heteroatoms. The molecule has 0 heterocycles. The van der Waals surface area contributed by atoms with Crippen LogP contribution < -0.4 is 0 Å². The molecular formula is C37H24Br2. The SMILES string of the molecule is Brc1cc2c(cc1Br)C(c1cccc(-c3ccccc3)c1)(c1cccc(-c3ccccc3)c1)c1ccccc1-2. The quantitative estimate of drug-likeness (QED) is 0.182. The van der Waals surface area contributed by atoms with Crippen LogP contribution >= 0.6 is 31.9 Å². The third kappa shape index (κ3) is 3.93. The van der Waals surface area contributed by atoms with E-state index in [0.29, 0.717) is 0 Å². The van der Waals surface area contributed by atoms with Gasteiger partial charge in [-0.1, -0.05) is 121 Å². The summed E-state index contributed by atoms with van der Waals surface area (Å²) in [5, 5.41) is 0. The van der Waals surface area contributed by atoms with Crippen LogP contribution in [0.3, 0.4) is 0 Å². The number of fused-ring (bicyclic) bond motifs is 3. The zero-order valence-electron chi connectivity index (χ0n) is 21.1. The fourth-order valence-electron chi connectivity index (χ4n) is 6.18. The fraction of sp³-hybridized carbons (Fsp3) is 0.0270. The minimum Gasteiger partial charge on any atom is -0.0622 e. The highest BCUT2D eigenvalue weighted by atomic mass is 79.9. The summed E-state index contributed by atoms with van der Waals surface area (Å²) in [6.45, 7) is 0. The molecule has 0 fully saturated rings. The molecule has 6 aromatic carbocycles. The predicted molar refractivity (Wildman–Crippen MR) is 170 cm³/mol. The second kappa shape index (κ2) is 9.79. The summed E-state index contributed by atoms with van der Waals surface area (Å²) in [6, 6.07) is 53.0. The second-order valence-electron chi connectivity index (χ2n) is 10.0.